The van der Waals surface area contributed by atoms with Crippen molar-refractivity contribution < 1.29 is 14.3 Å². The standard InChI is InChI=1S/C23H27N3O3/c1-22(2,3)29-21(28)25-17-8-9-18-16(11-17)13-23(4,5)26-19(18)12-20(27)15-7-6-10-24-14-15/h6-12,14,26H,13H2,1-5H3,(H,25,28). The number of nitrogens with zero attached hydrogens (tertiary/aromatic N) is 1. The van der Waals surface area contributed by atoms with Gasteiger partial charge in [-0.25, -0.2) is 4.79 Å². The van der Waals surface area contributed by atoms with E-state index < -0.39 is 11.7 Å². The first-order valence-electron chi connectivity index (χ1n) is 9.60. The maximum Gasteiger partial charge on any atom is 0.412 e. The minimum atomic E-state index is -0.563. The van der Waals surface area contributed by atoms with Gasteiger partial charge in [0.05, 0.1) is 0 Å². The van der Waals surface area contributed by atoms with Crippen molar-refractivity contribution in [3.63, 3.8) is 0 Å². The van der Waals surface area contributed by atoms with Crippen LogP contribution < -0.4 is 10.6 Å². The van der Waals surface area contributed by atoms with Crippen molar-refractivity contribution in [1.82, 2.24) is 10.3 Å². The van der Waals surface area contributed by atoms with Gasteiger partial charge in [-0.05, 0) is 70.9 Å². The number of carbonyl (C=O) groups excluding carboxylic acids is 2. The third-order valence-corrected chi connectivity index (χ3v) is 4.37. The summed E-state index contributed by atoms with van der Waals surface area (Å²) in [7, 11) is 0. The Morgan fingerprint density at radius 3 is 2.66 bits per heavy atom. The number of rotatable bonds is 3. The SMILES string of the molecule is CC1(C)Cc2cc(NC(=O)OC(C)(C)C)ccc2C(=CC(=O)c2cccnc2)N1. The van der Waals surface area contributed by atoms with Crippen LogP contribution in [0.5, 0.6) is 0 Å². The van der Waals surface area contributed by atoms with Crippen LogP contribution in [0.1, 0.15) is 56.1 Å². The highest BCUT2D eigenvalue weighted by molar-refractivity contribution is 6.08. The number of ketones is 1. The van der Waals surface area contributed by atoms with Gasteiger partial charge >= 0.3 is 6.09 Å². The number of anilines is 1. The molecule has 29 heavy (non-hydrogen) atoms. The summed E-state index contributed by atoms with van der Waals surface area (Å²) in [6.07, 6.45) is 5.07. The van der Waals surface area contributed by atoms with Gasteiger partial charge in [0, 0.05) is 46.5 Å². The molecular formula is C23H27N3O3. The number of hydrogen-bond acceptors (Lipinski definition) is 5. The van der Waals surface area contributed by atoms with Crippen LogP contribution in [0.3, 0.4) is 0 Å². The topological polar surface area (TPSA) is 80.3 Å². The lowest BCUT2D eigenvalue weighted by Crippen LogP contribution is -2.43. The molecule has 3 rings (SSSR count). The molecule has 6 nitrogen and oxygen atoms in total. The highest BCUT2D eigenvalue weighted by Crippen LogP contribution is 2.32. The van der Waals surface area contributed by atoms with E-state index in [1.54, 1.807) is 30.6 Å². The van der Waals surface area contributed by atoms with E-state index in [0.717, 1.165) is 23.2 Å². The fourth-order valence-corrected chi connectivity index (χ4v) is 3.29. The maximum atomic E-state index is 12.6. The molecule has 1 amide bonds. The summed E-state index contributed by atoms with van der Waals surface area (Å²) in [6.45, 7) is 9.62. The third kappa shape index (κ3) is 5.44. The van der Waals surface area contributed by atoms with Crippen LogP contribution in [0.2, 0.25) is 0 Å². The molecule has 1 aromatic heterocycles. The second-order valence-electron chi connectivity index (χ2n) is 8.85. The van der Waals surface area contributed by atoms with E-state index >= 15 is 0 Å². The predicted molar refractivity (Wildman–Crippen MR) is 114 cm³/mol. The molecule has 6 heteroatoms. The summed E-state index contributed by atoms with van der Waals surface area (Å²) in [5.74, 6) is -0.111. The molecule has 0 unspecified atom stereocenters. The Labute approximate surface area is 171 Å². The van der Waals surface area contributed by atoms with Crippen molar-refractivity contribution in [1.29, 1.82) is 0 Å². The molecule has 0 aliphatic carbocycles. The molecule has 0 radical (unpaired) electrons. The molecule has 0 spiro atoms. The molecule has 1 aliphatic heterocycles. The Balaban J connectivity index is 1.89. The van der Waals surface area contributed by atoms with Crippen molar-refractivity contribution in [2.45, 2.75) is 52.2 Å². The molecular weight excluding hydrogens is 366 g/mol. The van der Waals surface area contributed by atoms with E-state index in [9.17, 15) is 9.59 Å². The van der Waals surface area contributed by atoms with E-state index in [1.807, 2.05) is 39.0 Å². The normalized spacial score (nSPS) is 16.5. The molecule has 0 atom stereocenters. The number of aromatic nitrogens is 1. The minimum Gasteiger partial charge on any atom is -0.444 e. The first-order valence-corrected chi connectivity index (χ1v) is 9.60. The number of allylic oxidation sites excluding steroid dienone is 1. The molecule has 1 aromatic carbocycles. The van der Waals surface area contributed by atoms with Crippen LogP contribution in [-0.4, -0.2) is 28.0 Å². The molecule has 152 valence electrons. The molecule has 0 fully saturated rings. The van der Waals surface area contributed by atoms with E-state index in [4.69, 9.17) is 4.74 Å². The van der Waals surface area contributed by atoms with Gasteiger partial charge in [-0.2, -0.15) is 0 Å². The number of pyridine rings is 1. The summed E-state index contributed by atoms with van der Waals surface area (Å²) in [5.41, 5.74) is 3.15. The number of nitrogens with one attached hydrogen (secondary N) is 2. The lowest BCUT2D eigenvalue weighted by molar-refractivity contribution is 0.0635. The second kappa shape index (κ2) is 7.70. The van der Waals surface area contributed by atoms with E-state index in [2.05, 4.69) is 29.5 Å². The summed E-state index contributed by atoms with van der Waals surface area (Å²) in [4.78, 5) is 28.7. The quantitative estimate of drug-likeness (QED) is 0.589. The maximum absolute atomic E-state index is 12.6. The number of carbonyl (C=O) groups is 2. The largest absolute Gasteiger partial charge is 0.444 e. The number of ether oxygens (including phenoxy) is 1. The van der Waals surface area contributed by atoms with Crippen molar-refractivity contribution in [3.05, 3.63) is 65.5 Å². The van der Waals surface area contributed by atoms with Crippen LogP contribution >= 0.6 is 0 Å². The Bertz CT molecular complexity index is 957. The van der Waals surface area contributed by atoms with E-state index in [-0.39, 0.29) is 11.3 Å². The van der Waals surface area contributed by atoms with E-state index in [0.29, 0.717) is 11.3 Å². The third-order valence-electron chi connectivity index (χ3n) is 4.37. The fourth-order valence-electron chi connectivity index (χ4n) is 3.29. The number of hydrogen-bond donors (Lipinski definition) is 2. The van der Waals surface area contributed by atoms with Gasteiger partial charge in [-0.15, -0.1) is 0 Å². The molecule has 0 saturated carbocycles. The zero-order chi connectivity index (χ0) is 21.2. The molecule has 1 aliphatic rings. The molecule has 0 saturated heterocycles. The lowest BCUT2D eigenvalue weighted by atomic mass is 9.85. The predicted octanol–water partition coefficient (Wildman–Crippen LogP) is 4.58. The zero-order valence-electron chi connectivity index (χ0n) is 17.5. The first-order chi connectivity index (χ1) is 13.5. The Kier molecular flexibility index (Phi) is 5.46. The van der Waals surface area contributed by atoms with Gasteiger partial charge in [-0.1, -0.05) is 6.07 Å². The highest BCUT2D eigenvalue weighted by Gasteiger charge is 2.28. The lowest BCUT2D eigenvalue weighted by Gasteiger charge is -2.36. The van der Waals surface area contributed by atoms with Gasteiger partial charge in [0.15, 0.2) is 5.78 Å². The highest BCUT2D eigenvalue weighted by atomic mass is 16.6. The second-order valence-corrected chi connectivity index (χ2v) is 8.85. The van der Waals surface area contributed by atoms with Crippen molar-refractivity contribution >= 4 is 23.3 Å². The average Bonchev–Trinajstić information content (AvgIpc) is 2.59. The van der Waals surface area contributed by atoms with Gasteiger partial charge in [0.25, 0.3) is 0 Å². The van der Waals surface area contributed by atoms with Gasteiger partial charge < -0.3 is 10.1 Å². The Morgan fingerprint density at radius 1 is 1.24 bits per heavy atom. The monoisotopic (exact) mass is 393 g/mol. The van der Waals surface area contributed by atoms with Gasteiger partial charge in [0.1, 0.15) is 5.60 Å². The number of fused-ring (bicyclic) bond motifs is 1. The minimum absolute atomic E-state index is 0.111. The van der Waals surface area contributed by atoms with Crippen LogP contribution in [-0.2, 0) is 11.2 Å². The first kappa shape index (κ1) is 20.6. The van der Waals surface area contributed by atoms with Crippen molar-refractivity contribution in [2.75, 3.05) is 5.32 Å². The average molecular weight is 393 g/mol. The van der Waals surface area contributed by atoms with Crippen LogP contribution in [0.4, 0.5) is 10.5 Å². The molecule has 0 bridgehead atoms. The smallest absolute Gasteiger partial charge is 0.412 e. The Morgan fingerprint density at radius 2 is 2.00 bits per heavy atom. The van der Waals surface area contributed by atoms with Crippen molar-refractivity contribution in [2.24, 2.45) is 0 Å². The summed E-state index contributed by atoms with van der Waals surface area (Å²) in [5, 5.41) is 6.23. The zero-order valence-corrected chi connectivity index (χ0v) is 17.5. The van der Waals surface area contributed by atoms with Gasteiger partial charge in [-0.3, -0.25) is 15.1 Å². The summed E-state index contributed by atoms with van der Waals surface area (Å²) < 4.78 is 5.33. The van der Waals surface area contributed by atoms with Gasteiger partial charge in [0.2, 0.25) is 0 Å². The summed E-state index contributed by atoms with van der Waals surface area (Å²) in [6, 6.07) is 9.14. The van der Waals surface area contributed by atoms with Crippen LogP contribution in [0.15, 0.2) is 48.8 Å². The number of amides is 1. The van der Waals surface area contributed by atoms with Crippen LogP contribution in [0, 0.1) is 0 Å². The number of benzene rings is 1. The molecule has 2 aromatic rings. The van der Waals surface area contributed by atoms with E-state index in [1.165, 1.54) is 0 Å². The molecule has 2 heterocycles. The Hall–Kier alpha value is -3.15. The fraction of sp³-hybridized carbons (Fsp3) is 0.348. The van der Waals surface area contributed by atoms with Crippen LogP contribution in [0.25, 0.3) is 5.70 Å². The van der Waals surface area contributed by atoms with Crippen molar-refractivity contribution in [3.8, 4) is 0 Å². The molecule has 2 N–H and O–H groups in total. The summed E-state index contributed by atoms with van der Waals surface area (Å²) >= 11 is 0.